The molecule has 0 atom stereocenters. The zero-order valence-corrected chi connectivity index (χ0v) is 14.2. The van der Waals surface area contributed by atoms with Gasteiger partial charge in [-0.1, -0.05) is 0 Å². The monoisotopic (exact) mass is 385 g/mol. The Bertz CT molecular complexity index is 781. The van der Waals surface area contributed by atoms with Gasteiger partial charge < -0.3 is 19.5 Å². The van der Waals surface area contributed by atoms with E-state index >= 15 is 0 Å². The summed E-state index contributed by atoms with van der Waals surface area (Å²) < 4.78 is 51.0. The maximum atomic E-state index is 12.1. The maximum Gasteiger partial charge on any atom is 0.573 e. The summed E-state index contributed by atoms with van der Waals surface area (Å²) in [5, 5.41) is 2.61. The Balaban J connectivity index is 1.51. The average molecular weight is 385 g/mol. The Labute approximate surface area is 151 Å². The molecule has 2 aromatic rings. The number of amides is 1. The second-order valence-electron chi connectivity index (χ2n) is 5.21. The van der Waals surface area contributed by atoms with Crippen molar-refractivity contribution in [1.82, 2.24) is 0 Å². The lowest BCUT2D eigenvalue weighted by Gasteiger charge is -2.18. The molecule has 0 unspecified atom stereocenters. The summed E-state index contributed by atoms with van der Waals surface area (Å²) in [4.78, 5) is 12.8. The van der Waals surface area contributed by atoms with Crippen molar-refractivity contribution in [3.8, 4) is 17.2 Å². The van der Waals surface area contributed by atoms with Gasteiger partial charge in [-0.2, -0.15) is 0 Å². The van der Waals surface area contributed by atoms with Crippen LogP contribution >= 0.6 is 11.8 Å². The number of rotatable bonds is 5. The van der Waals surface area contributed by atoms with Gasteiger partial charge in [-0.15, -0.1) is 24.9 Å². The van der Waals surface area contributed by atoms with Gasteiger partial charge in [0.1, 0.15) is 19.0 Å². The van der Waals surface area contributed by atoms with E-state index in [9.17, 15) is 18.0 Å². The van der Waals surface area contributed by atoms with Gasteiger partial charge in [-0.3, -0.25) is 4.79 Å². The van der Waals surface area contributed by atoms with Gasteiger partial charge in [-0.25, -0.2) is 0 Å². The van der Waals surface area contributed by atoms with Crippen LogP contribution in [0.5, 0.6) is 17.2 Å². The van der Waals surface area contributed by atoms with Crippen molar-refractivity contribution >= 4 is 23.4 Å². The predicted molar refractivity (Wildman–Crippen MR) is 89.9 cm³/mol. The van der Waals surface area contributed by atoms with E-state index in [-0.39, 0.29) is 17.4 Å². The maximum absolute atomic E-state index is 12.1. The van der Waals surface area contributed by atoms with Gasteiger partial charge in [0.2, 0.25) is 5.91 Å². The molecule has 2 aromatic carbocycles. The van der Waals surface area contributed by atoms with Crippen LogP contribution in [0.25, 0.3) is 0 Å². The molecule has 5 nitrogen and oxygen atoms in total. The van der Waals surface area contributed by atoms with Gasteiger partial charge >= 0.3 is 6.36 Å². The molecule has 0 fully saturated rings. The smallest absolute Gasteiger partial charge is 0.486 e. The van der Waals surface area contributed by atoms with Crippen LogP contribution in [0.2, 0.25) is 0 Å². The molecule has 1 aliphatic rings. The van der Waals surface area contributed by atoms with Gasteiger partial charge in [0.25, 0.3) is 0 Å². The first-order valence-corrected chi connectivity index (χ1v) is 8.56. The largest absolute Gasteiger partial charge is 0.573 e. The Hall–Kier alpha value is -2.55. The standard InChI is InChI=1S/C17H14F3NO4S/c18-17(19,20)25-12-3-1-11(2-4-12)21-16(22)10-26-13-5-6-14-15(9-13)24-8-7-23-14/h1-6,9H,7-8,10H2,(H,21,22). The second kappa shape index (κ2) is 7.77. The molecule has 1 amide bonds. The average Bonchev–Trinajstić information content (AvgIpc) is 2.60. The summed E-state index contributed by atoms with van der Waals surface area (Å²) in [5.41, 5.74) is 0.382. The highest BCUT2D eigenvalue weighted by Crippen LogP contribution is 2.34. The fraction of sp³-hybridized carbons (Fsp3) is 0.235. The molecule has 0 bridgehead atoms. The lowest BCUT2D eigenvalue weighted by atomic mass is 10.3. The van der Waals surface area contributed by atoms with Crippen molar-refractivity contribution in [2.75, 3.05) is 24.3 Å². The Kier molecular flexibility index (Phi) is 5.46. The minimum atomic E-state index is -4.75. The zero-order chi connectivity index (χ0) is 18.6. The summed E-state index contributed by atoms with van der Waals surface area (Å²) in [6.45, 7) is 0.990. The lowest BCUT2D eigenvalue weighted by Crippen LogP contribution is -2.17. The molecular formula is C17H14F3NO4S. The van der Waals surface area contributed by atoms with E-state index < -0.39 is 6.36 Å². The first-order valence-electron chi connectivity index (χ1n) is 7.57. The van der Waals surface area contributed by atoms with E-state index in [2.05, 4.69) is 10.1 Å². The highest BCUT2D eigenvalue weighted by Gasteiger charge is 2.30. The van der Waals surface area contributed by atoms with Gasteiger partial charge in [0, 0.05) is 10.6 Å². The van der Waals surface area contributed by atoms with Crippen LogP contribution in [0.1, 0.15) is 0 Å². The zero-order valence-electron chi connectivity index (χ0n) is 13.3. The number of ether oxygens (including phenoxy) is 3. The van der Waals surface area contributed by atoms with E-state index in [1.165, 1.54) is 23.9 Å². The fourth-order valence-corrected chi connectivity index (χ4v) is 2.92. The van der Waals surface area contributed by atoms with E-state index in [0.717, 1.165) is 17.0 Å². The number of fused-ring (bicyclic) bond motifs is 1. The number of halogens is 3. The van der Waals surface area contributed by atoms with Crippen LogP contribution < -0.4 is 19.5 Å². The summed E-state index contributed by atoms with van der Waals surface area (Å²) >= 11 is 1.31. The Morgan fingerprint density at radius 1 is 1.08 bits per heavy atom. The number of thioether (sulfide) groups is 1. The molecule has 26 heavy (non-hydrogen) atoms. The molecule has 1 heterocycles. The second-order valence-corrected chi connectivity index (χ2v) is 6.26. The van der Waals surface area contributed by atoms with Crippen LogP contribution in [0.15, 0.2) is 47.4 Å². The number of hydrogen-bond acceptors (Lipinski definition) is 5. The number of hydrogen-bond donors (Lipinski definition) is 1. The van der Waals surface area contributed by atoms with Crippen LogP contribution in [0.3, 0.4) is 0 Å². The molecule has 9 heteroatoms. The van der Waals surface area contributed by atoms with Crippen LogP contribution in [-0.4, -0.2) is 31.2 Å². The normalized spacial score (nSPS) is 13.2. The molecule has 0 saturated carbocycles. The minimum absolute atomic E-state index is 0.139. The SMILES string of the molecule is O=C(CSc1ccc2c(c1)OCCO2)Nc1ccc(OC(F)(F)F)cc1. The van der Waals surface area contributed by atoms with E-state index in [1.807, 2.05) is 6.07 Å². The quantitative estimate of drug-likeness (QED) is 0.786. The molecule has 3 rings (SSSR count). The van der Waals surface area contributed by atoms with Crippen molar-refractivity contribution in [3.05, 3.63) is 42.5 Å². The molecule has 0 radical (unpaired) electrons. The summed E-state index contributed by atoms with van der Waals surface area (Å²) in [6, 6.07) is 10.4. The number of alkyl halides is 3. The van der Waals surface area contributed by atoms with Gasteiger partial charge in [0.05, 0.1) is 5.75 Å². The van der Waals surface area contributed by atoms with Gasteiger partial charge in [0.15, 0.2) is 11.5 Å². The highest BCUT2D eigenvalue weighted by atomic mass is 32.2. The minimum Gasteiger partial charge on any atom is -0.486 e. The van der Waals surface area contributed by atoms with Crippen molar-refractivity contribution in [2.24, 2.45) is 0 Å². The Morgan fingerprint density at radius 2 is 1.77 bits per heavy atom. The molecule has 0 aliphatic carbocycles. The highest BCUT2D eigenvalue weighted by molar-refractivity contribution is 8.00. The summed E-state index contributed by atoms with van der Waals surface area (Å²) in [5.74, 6) is 0.823. The number of carbonyl (C=O) groups excluding carboxylic acids is 1. The van der Waals surface area contributed by atoms with E-state index in [0.29, 0.717) is 30.4 Å². The van der Waals surface area contributed by atoms with Crippen molar-refractivity contribution < 1.29 is 32.2 Å². The Morgan fingerprint density at radius 3 is 2.46 bits per heavy atom. The molecule has 1 aliphatic heterocycles. The molecule has 138 valence electrons. The summed E-state index contributed by atoms with van der Waals surface area (Å²) in [6.07, 6.45) is -4.75. The first kappa shape index (κ1) is 18.2. The van der Waals surface area contributed by atoms with Crippen LogP contribution in [0, 0.1) is 0 Å². The number of benzene rings is 2. The van der Waals surface area contributed by atoms with Crippen molar-refractivity contribution in [2.45, 2.75) is 11.3 Å². The predicted octanol–water partition coefficient (Wildman–Crippen LogP) is 4.09. The number of carbonyl (C=O) groups is 1. The van der Waals surface area contributed by atoms with Crippen LogP contribution in [0.4, 0.5) is 18.9 Å². The third-order valence-electron chi connectivity index (χ3n) is 3.26. The molecule has 0 saturated heterocycles. The molecule has 1 N–H and O–H groups in total. The number of nitrogens with one attached hydrogen (secondary N) is 1. The van der Waals surface area contributed by atoms with E-state index in [4.69, 9.17) is 9.47 Å². The lowest BCUT2D eigenvalue weighted by molar-refractivity contribution is -0.274. The van der Waals surface area contributed by atoms with Crippen LogP contribution in [-0.2, 0) is 4.79 Å². The molecule has 0 spiro atoms. The third-order valence-corrected chi connectivity index (χ3v) is 4.25. The summed E-state index contributed by atoms with van der Waals surface area (Å²) in [7, 11) is 0. The fourth-order valence-electron chi connectivity index (χ4n) is 2.20. The first-order chi connectivity index (χ1) is 12.4. The topological polar surface area (TPSA) is 56.8 Å². The van der Waals surface area contributed by atoms with Gasteiger partial charge in [-0.05, 0) is 42.5 Å². The molecular weight excluding hydrogens is 371 g/mol. The van der Waals surface area contributed by atoms with Crippen molar-refractivity contribution in [1.29, 1.82) is 0 Å². The molecule has 0 aromatic heterocycles. The van der Waals surface area contributed by atoms with Crippen molar-refractivity contribution in [3.63, 3.8) is 0 Å². The third kappa shape index (κ3) is 5.22. The number of anilines is 1. The van der Waals surface area contributed by atoms with E-state index in [1.54, 1.807) is 12.1 Å².